The molecule has 0 saturated carbocycles. The van der Waals surface area contributed by atoms with Gasteiger partial charge in [-0.15, -0.1) is 0 Å². The van der Waals surface area contributed by atoms with Crippen molar-refractivity contribution in [3.8, 4) is 5.75 Å². The van der Waals surface area contributed by atoms with Crippen LogP contribution in [0.3, 0.4) is 0 Å². The Balaban J connectivity index is 2.16. The van der Waals surface area contributed by atoms with E-state index in [0.717, 1.165) is 0 Å². The second kappa shape index (κ2) is 6.64. The molecule has 1 heterocycles. The van der Waals surface area contributed by atoms with Gasteiger partial charge in [-0.1, -0.05) is 0 Å². The molecule has 1 saturated heterocycles. The van der Waals surface area contributed by atoms with Crippen LogP contribution in [0.2, 0.25) is 0 Å². The summed E-state index contributed by atoms with van der Waals surface area (Å²) >= 11 is 0. The fourth-order valence-electron chi connectivity index (χ4n) is 2.50. The van der Waals surface area contributed by atoms with Crippen molar-refractivity contribution in [1.29, 1.82) is 0 Å². The van der Waals surface area contributed by atoms with Gasteiger partial charge in [0.05, 0.1) is 18.9 Å². The van der Waals surface area contributed by atoms with Crippen LogP contribution in [0.1, 0.15) is 19.8 Å². The first-order valence-corrected chi connectivity index (χ1v) is 8.48. The van der Waals surface area contributed by atoms with Crippen LogP contribution in [0.25, 0.3) is 0 Å². The van der Waals surface area contributed by atoms with Crippen molar-refractivity contribution in [3.05, 3.63) is 18.2 Å². The number of benzene rings is 1. The summed E-state index contributed by atoms with van der Waals surface area (Å²) in [4.78, 5) is 0.137. The lowest BCUT2D eigenvalue weighted by molar-refractivity contribution is 0.0290. The summed E-state index contributed by atoms with van der Waals surface area (Å²) in [5.74, 6) is 0.543. The molecule has 1 fully saturated rings. The molecule has 0 unspecified atom stereocenters. The number of hydrogen-bond acceptors (Lipinski definition) is 5. The second-order valence-corrected chi connectivity index (χ2v) is 6.87. The van der Waals surface area contributed by atoms with Crippen LogP contribution in [0, 0.1) is 0 Å². The Hall–Kier alpha value is -1.31. The van der Waals surface area contributed by atoms with Gasteiger partial charge in [-0.25, -0.2) is 8.42 Å². The molecule has 0 bridgehead atoms. The predicted octanol–water partition coefficient (Wildman–Crippen LogP) is 1.47. The first kappa shape index (κ1) is 16.1. The second-order valence-electron chi connectivity index (χ2n) is 4.96. The molecule has 0 amide bonds. The third-order valence-electron chi connectivity index (χ3n) is 3.64. The lowest BCUT2D eigenvalue weighted by atomic mass is 10.1. The van der Waals surface area contributed by atoms with Crippen molar-refractivity contribution in [3.63, 3.8) is 0 Å². The van der Waals surface area contributed by atoms with E-state index in [1.54, 1.807) is 6.07 Å². The lowest BCUT2D eigenvalue weighted by Crippen LogP contribution is -2.41. The van der Waals surface area contributed by atoms with Crippen LogP contribution < -0.4 is 10.5 Å². The monoisotopic (exact) mass is 314 g/mol. The molecule has 0 atom stereocenters. The van der Waals surface area contributed by atoms with E-state index in [9.17, 15) is 8.42 Å². The van der Waals surface area contributed by atoms with Gasteiger partial charge in [-0.2, -0.15) is 4.31 Å². The highest BCUT2D eigenvalue weighted by molar-refractivity contribution is 7.89. The van der Waals surface area contributed by atoms with E-state index in [0.29, 0.717) is 38.3 Å². The van der Waals surface area contributed by atoms with Gasteiger partial charge >= 0.3 is 0 Å². The first-order valence-electron chi connectivity index (χ1n) is 7.04. The molecule has 1 aliphatic rings. The molecule has 1 aromatic carbocycles. The van der Waals surface area contributed by atoms with Crippen LogP contribution in [0.5, 0.6) is 5.75 Å². The Bertz CT molecular complexity index is 581. The predicted molar refractivity (Wildman–Crippen MR) is 80.8 cm³/mol. The number of nitrogens with zero attached hydrogens (tertiary/aromatic N) is 1. The van der Waals surface area contributed by atoms with Crippen molar-refractivity contribution in [1.82, 2.24) is 4.31 Å². The van der Waals surface area contributed by atoms with Gasteiger partial charge in [0.2, 0.25) is 10.0 Å². The van der Waals surface area contributed by atoms with Crippen LogP contribution in [-0.2, 0) is 14.8 Å². The molecule has 1 aliphatic heterocycles. The van der Waals surface area contributed by atoms with Crippen LogP contribution in [-0.4, -0.2) is 45.6 Å². The Morgan fingerprint density at radius 3 is 2.52 bits per heavy atom. The van der Waals surface area contributed by atoms with Crippen molar-refractivity contribution in [2.75, 3.05) is 32.5 Å². The van der Waals surface area contributed by atoms with E-state index in [2.05, 4.69) is 0 Å². The largest absolute Gasteiger partial charge is 0.497 e. The average Bonchev–Trinajstić information content (AvgIpc) is 2.47. The molecule has 0 spiro atoms. The smallest absolute Gasteiger partial charge is 0.245 e. The quantitative estimate of drug-likeness (QED) is 0.832. The van der Waals surface area contributed by atoms with Gasteiger partial charge in [0.25, 0.3) is 0 Å². The molecule has 21 heavy (non-hydrogen) atoms. The fourth-order valence-corrected chi connectivity index (χ4v) is 4.07. The summed E-state index contributed by atoms with van der Waals surface area (Å²) in [7, 11) is -2.04. The molecule has 7 heteroatoms. The van der Waals surface area contributed by atoms with Gasteiger partial charge in [0.15, 0.2) is 0 Å². The van der Waals surface area contributed by atoms with Crippen molar-refractivity contribution in [2.45, 2.75) is 30.8 Å². The number of nitrogens with two attached hydrogens (primary N) is 1. The number of ether oxygens (including phenoxy) is 2. The minimum atomic E-state index is -3.56. The van der Waals surface area contributed by atoms with Crippen molar-refractivity contribution >= 4 is 15.7 Å². The molecule has 6 nitrogen and oxygen atoms in total. The summed E-state index contributed by atoms with van der Waals surface area (Å²) in [5, 5.41) is 0. The minimum Gasteiger partial charge on any atom is -0.497 e. The molecule has 0 aromatic heterocycles. The van der Waals surface area contributed by atoms with E-state index in [1.807, 2.05) is 6.92 Å². The molecule has 2 rings (SSSR count). The van der Waals surface area contributed by atoms with Crippen molar-refractivity contribution in [2.24, 2.45) is 0 Å². The molecule has 0 radical (unpaired) electrons. The van der Waals surface area contributed by atoms with Crippen molar-refractivity contribution < 1.29 is 17.9 Å². The summed E-state index contributed by atoms with van der Waals surface area (Å²) in [6, 6.07) is 4.63. The Labute approximate surface area is 125 Å². The lowest BCUT2D eigenvalue weighted by Gasteiger charge is -2.31. The maximum Gasteiger partial charge on any atom is 0.245 e. The number of hydrogen-bond donors (Lipinski definition) is 1. The van der Waals surface area contributed by atoms with Crippen LogP contribution >= 0.6 is 0 Å². The zero-order chi connectivity index (χ0) is 15.5. The number of piperidine rings is 1. The van der Waals surface area contributed by atoms with Gasteiger partial charge in [-0.05, 0) is 31.9 Å². The standard InChI is InChI=1S/C14H22N2O4S/c1-3-20-11-6-8-16(9-7-11)21(17,18)14-5-4-12(19-2)10-13(14)15/h4-5,10-11H,3,6-9,15H2,1-2H3. The summed E-state index contributed by atoms with van der Waals surface area (Å²) < 4.78 is 37.3. The highest BCUT2D eigenvalue weighted by atomic mass is 32.2. The maximum atomic E-state index is 12.6. The molecule has 0 aliphatic carbocycles. The molecule has 2 N–H and O–H groups in total. The number of rotatable bonds is 5. The first-order chi connectivity index (χ1) is 9.98. The molecular weight excluding hydrogens is 292 g/mol. The van der Waals surface area contributed by atoms with E-state index >= 15 is 0 Å². The number of anilines is 1. The Morgan fingerprint density at radius 1 is 1.33 bits per heavy atom. The van der Waals surface area contributed by atoms with Gasteiger partial charge < -0.3 is 15.2 Å². The summed E-state index contributed by atoms with van der Waals surface area (Å²) in [5.41, 5.74) is 6.06. The maximum absolute atomic E-state index is 12.6. The summed E-state index contributed by atoms with van der Waals surface area (Å²) in [6.07, 6.45) is 1.57. The molecular formula is C14H22N2O4S. The van der Waals surface area contributed by atoms with E-state index < -0.39 is 10.0 Å². The fraction of sp³-hybridized carbons (Fsp3) is 0.571. The highest BCUT2D eigenvalue weighted by Gasteiger charge is 2.30. The Kier molecular flexibility index (Phi) is 5.08. The topological polar surface area (TPSA) is 81.9 Å². The zero-order valence-electron chi connectivity index (χ0n) is 12.4. The zero-order valence-corrected chi connectivity index (χ0v) is 13.2. The number of sulfonamides is 1. The third-order valence-corrected chi connectivity index (χ3v) is 5.61. The van der Waals surface area contributed by atoms with Gasteiger partial charge in [0.1, 0.15) is 10.6 Å². The van der Waals surface area contributed by atoms with Crippen LogP contribution in [0.15, 0.2) is 23.1 Å². The summed E-state index contributed by atoms with van der Waals surface area (Å²) in [6.45, 7) is 3.51. The minimum absolute atomic E-state index is 0.137. The molecule has 118 valence electrons. The third kappa shape index (κ3) is 3.48. The average molecular weight is 314 g/mol. The van der Waals surface area contributed by atoms with Gasteiger partial charge in [0, 0.05) is 25.8 Å². The van der Waals surface area contributed by atoms with E-state index in [-0.39, 0.29) is 16.7 Å². The SMILES string of the molecule is CCOC1CCN(S(=O)(=O)c2ccc(OC)cc2N)CC1. The van der Waals surface area contributed by atoms with Gasteiger partial charge in [-0.3, -0.25) is 0 Å². The Morgan fingerprint density at radius 2 is 2.00 bits per heavy atom. The highest BCUT2D eigenvalue weighted by Crippen LogP contribution is 2.28. The van der Waals surface area contributed by atoms with E-state index in [4.69, 9.17) is 15.2 Å². The number of nitrogen functional groups attached to an aromatic ring is 1. The normalized spacial score (nSPS) is 17.8. The van der Waals surface area contributed by atoms with Crippen LogP contribution in [0.4, 0.5) is 5.69 Å². The molecule has 1 aromatic rings. The van der Waals surface area contributed by atoms with E-state index in [1.165, 1.54) is 23.5 Å². The number of methoxy groups -OCH3 is 1.